The molecule has 3 heteroatoms. The van der Waals surface area contributed by atoms with Gasteiger partial charge in [0, 0.05) is 24.7 Å². The van der Waals surface area contributed by atoms with Gasteiger partial charge in [-0.15, -0.1) is 0 Å². The van der Waals surface area contributed by atoms with Crippen molar-refractivity contribution in [3.8, 4) is 0 Å². The van der Waals surface area contributed by atoms with Crippen LogP contribution in [0.4, 0.5) is 0 Å². The zero-order valence-electron chi connectivity index (χ0n) is 14.5. The van der Waals surface area contributed by atoms with Crippen molar-refractivity contribution in [2.75, 3.05) is 0 Å². The van der Waals surface area contributed by atoms with Crippen molar-refractivity contribution >= 4 is 11.6 Å². The number of Topliss-reactive ketones (excluding diaryl/α,β-unsaturated/α-hetero) is 2. The summed E-state index contributed by atoms with van der Waals surface area (Å²) in [4.78, 5) is 24.5. The van der Waals surface area contributed by atoms with E-state index >= 15 is 0 Å². The van der Waals surface area contributed by atoms with Gasteiger partial charge in [-0.3, -0.25) is 9.59 Å². The molecule has 4 fully saturated rings. The zero-order valence-corrected chi connectivity index (χ0v) is 14.5. The highest BCUT2D eigenvalue weighted by molar-refractivity contribution is 5.85. The Balaban J connectivity index is 1.70. The van der Waals surface area contributed by atoms with E-state index in [2.05, 4.69) is 13.8 Å². The summed E-state index contributed by atoms with van der Waals surface area (Å²) in [6.07, 6.45) is 7.69. The number of carbonyl (C=O) groups is 2. The van der Waals surface area contributed by atoms with E-state index in [1.165, 1.54) is 0 Å². The fourth-order valence-corrected chi connectivity index (χ4v) is 7.14. The highest BCUT2D eigenvalue weighted by Gasteiger charge is 2.62. The average molecular weight is 318 g/mol. The normalized spacial score (nSPS) is 53.3. The molecule has 0 aromatic rings. The highest BCUT2D eigenvalue weighted by atomic mass is 16.3. The molecule has 0 radical (unpaired) electrons. The number of ketones is 2. The van der Waals surface area contributed by atoms with Gasteiger partial charge in [-0.1, -0.05) is 13.8 Å². The Morgan fingerprint density at radius 3 is 2.65 bits per heavy atom. The van der Waals surface area contributed by atoms with E-state index < -0.39 is 0 Å². The Hall–Kier alpha value is -0.700. The summed E-state index contributed by atoms with van der Waals surface area (Å²) in [7, 11) is 0. The summed E-state index contributed by atoms with van der Waals surface area (Å²) in [5.74, 6) is 2.46. The summed E-state index contributed by atoms with van der Waals surface area (Å²) in [5.41, 5.74) is -0.204. The average Bonchev–Trinajstić information content (AvgIpc) is 2.49. The van der Waals surface area contributed by atoms with Crippen LogP contribution >= 0.6 is 0 Å². The Labute approximate surface area is 139 Å². The van der Waals surface area contributed by atoms with E-state index in [1.807, 2.05) is 0 Å². The lowest BCUT2D eigenvalue weighted by Gasteiger charge is -2.62. The molecule has 3 nitrogen and oxygen atoms in total. The van der Waals surface area contributed by atoms with Crippen LogP contribution in [0.15, 0.2) is 0 Å². The Kier molecular flexibility index (Phi) is 3.54. The fraction of sp³-hybridized carbons (Fsp3) is 0.900. The van der Waals surface area contributed by atoms with E-state index in [0.29, 0.717) is 60.9 Å². The van der Waals surface area contributed by atoms with Crippen molar-refractivity contribution in [2.24, 2.45) is 34.5 Å². The number of aliphatic hydroxyl groups is 1. The molecule has 0 aromatic heterocycles. The molecule has 7 atom stereocenters. The topological polar surface area (TPSA) is 54.4 Å². The van der Waals surface area contributed by atoms with Gasteiger partial charge in [-0.05, 0) is 67.6 Å². The quantitative estimate of drug-likeness (QED) is 0.743. The smallest absolute Gasteiger partial charge is 0.139 e. The van der Waals surface area contributed by atoms with Crippen LogP contribution in [-0.4, -0.2) is 22.8 Å². The predicted octanol–water partition coefficient (Wildman–Crippen LogP) is 3.53. The van der Waals surface area contributed by atoms with Crippen LogP contribution in [0.3, 0.4) is 0 Å². The summed E-state index contributed by atoms with van der Waals surface area (Å²) in [5, 5.41) is 11.1. The molecule has 0 aliphatic heterocycles. The molecule has 0 heterocycles. The largest absolute Gasteiger partial charge is 0.393 e. The monoisotopic (exact) mass is 318 g/mol. The SMILES string of the molecule is CC12CC(O)C3C(CCC4CC(=O)CCC43C)C1CCCC2=O. The molecule has 128 valence electrons. The van der Waals surface area contributed by atoms with Crippen molar-refractivity contribution in [2.45, 2.75) is 77.7 Å². The van der Waals surface area contributed by atoms with Crippen LogP contribution in [0.25, 0.3) is 0 Å². The van der Waals surface area contributed by atoms with E-state index in [-0.39, 0.29) is 16.9 Å². The third-order valence-electron chi connectivity index (χ3n) is 8.36. The van der Waals surface area contributed by atoms with Gasteiger partial charge >= 0.3 is 0 Å². The third-order valence-corrected chi connectivity index (χ3v) is 8.36. The van der Waals surface area contributed by atoms with Gasteiger partial charge in [-0.2, -0.15) is 0 Å². The Morgan fingerprint density at radius 2 is 1.87 bits per heavy atom. The van der Waals surface area contributed by atoms with Crippen LogP contribution in [0.1, 0.15) is 71.6 Å². The molecule has 4 rings (SSSR count). The van der Waals surface area contributed by atoms with Gasteiger partial charge in [0.05, 0.1) is 6.10 Å². The minimum Gasteiger partial charge on any atom is -0.393 e. The second kappa shape index (κ2) is 5.15. The minimum absolute atomic E-state index is 0.0953. The molecule has 4 aliphatic carbocycles. The lowest BCUT2D eigenvalue weighted by Crippen LogP contribution is -2.61. The maximum atomic E-state index is 12.6. The maximum absolute atomic E-state index is 12.6. The third kappa shape index (κ3) is 2.11. The summed E-state index contributed by atoms with van der Waals surface area (Å²) >= 11 is 0. The van der Waals surface area contributed by atoms with Gasteiger partial charge in [0.25, 0.3) is 0 Å². The number of rotatable bonds is 0. The van der Waals surface area contributed by atoms with Crippen LogP contribution in [0.5, 0.6) is 0 Å². The Morgan fingerprint density at radius 1 is 1.09 bits per heavy atom. The molecular formula is C20H30O3. The predicted molar refractivity (Wildman–Crippen MR) is 87.7 cm³/mol. The molecule has 0 aromatic carbocycles. The van der Waals surface area contributed by atoms with Gasteiger partial charge < -0.3 is 5.11 Å². The molecule has 7 unspecified atom stereocenters. The van der Waals surface area contributed by atoms with Crippen molar-refractivity contribution < 1.29 is 14.7 Å². The van der Waals surface area contributed by atoms with E-state index in [4.69, 9.17) is 0 Å². The second-order valence-corrected chi connectivity index (χ2v) is 9.32. The van der Waals surface area contributed by atoms with E-state index in [9.17, 15) is 14.7 Å². The first-order valence-corrected chi connectivity index (χ1v) is 9.59. The Bertz CT molecular complexity index is 541. The molecule has 4 aliphatic rings. The lowest BCUT2D eigenvalue weighted by molar-refractivity contribution is -0.184. The van der Waals surface area contributed by atoms with Gasteiger partial charge in [0.2, 0.25) is 0 Å². The number of fused-ring (bicyclic) bond motifs is 5. The molecule has 0 bridgehead atoms. The lowest BCUT2D eigenvalue weighted by atomic mass is 9.42. The first-order valence-electron chi connectivity index (χ1n) is 9.59. The molecule has 0 spiro atoms. The molecular weight excluding hydrogens is 288 g/mol. The molecule has 23 heavy (non-hydrogen) atoms. The number of hydrogen-bond donors (Lipinski definition) is 1. The van der Waals surface area contributed by atoms with Crippen molar-refractivity contribution in [1.29, 1.82) is 0 Å². The number of aliphatic hydroxyl groups excluding tert-OH is 1. The number of carbonyl (C=O) groups excluding carboxylic acids is 2. The van der Waals surface area contributed by atoms with E-state index in [0.717, 1.165) is 32.1 Å². The first-order chi connectivity index (χ1) is 10.9. The minimum atomic E-state index is -0.371. The maximum Gasteiger partial charge on any atom is 0.139 e. The number of hydrogen-bond acceptors (Lipinski definition) is 3. The molecule has 1 N–H and O–H groups in total. The van der Waals surface area contributed by atoms with Crippen LogP contribution in [0.2, 0.25) is 0 Å². The van der Waals surface area contributed by atoms with Crippen LogP contribution < -0.4 is 0 Å². The second-order valence-electron chi connectivity index (χ2n) is 9.32. The van der Waals surface area contributed by atoms with Gasteiger partial charge in [-0.25, -0.2) is 0 Å². The fourth-order valence-electron chi connectivity index (χ4n) is 7.14. The van der Waals surface area contributed by atoms with Crippen LogP contribution in [-0.2, 0) is 9.59 Å². The highest BCUT2D eigenvalue weighted by Crippen LogP contribution is 2.64. The molecule has 4 saturated carbocycles. The van der Waals surface area contributed by atoms with E-state index in [1.54, 1.807) is 0 Å². The summed E-state index contributed by atoms with van der Waals surface area (Å²) in [6, 6.07) is 0. The van der Waals surface area contributed by atoms with Crippen molar-refractivity contribution in [3.05, 3.63) is 0 Å². The summed E-state index contributed by atoms with van der Waals surface area (Å²) < 4.78 is 0. The van der Waals surface area contributed by atoms with Crippen molar-refractivity contribution in [1.82, 2.24) is 0 Å². The zero-order chi connectivity index (χ0) is 16.4. The van der Waals surface area contributed by atoms with Gasteiger partial charge in [0.1, 0.15) is 11.6 Å². The molecule has 0 saturated heterocycles. The van der Waals surface area contributed by atoms with Crippen LogP contribution in [0, 0.1) is 34.5 Å². The standard InChI is InChI=1S/C20H30O3/c1-19-9-8-13(21)10-12(19)6-7-14-15-4-3-5-17(23)20(15,2)11-16(22)18(14)19/h12,14-16,18,22H,3-11H2,1-2H3. The molecule has 0 amide bonds. The van der Waals surface area contributed by atoms with Gasteiger partial charge in [0.15, 0.2) is 0 Å². The first kappa shape index (κ1) is 15.8. The summed E-state index contributed by atoms with van der Waals surface area (Å²) in [6.45, 7) is 4.45. The van der Waals surface area contributed by atoms with Crippen molar-refractivity contribution in [3.63, 3.8) is 0 Å².